The van der Waals surface area contributed by atoms with Crippen molar-refractivity contribution in [2.45, 2.75) is 26.8 Å². The molecule has 6 heteroatoms. The number of aromatic nitrogens is 1. The summed E-state index contributed by atoms with van der Waals surface area (Å²) in [6, 6.07) is 1.85. The highest BCUT2D eigenvalue weighted by Crippen LogP contribution is 2.21. The number of aryl methyl sites for hydroxylation is 2. The van der Waals surface area contributed by atoms with Crippen LogP contribution in [0.4, 0.5) is 0 Å². The summed E-state index contributed by atoms with van der Waals surface area (Å²) in [4.78, 5) is 18.9. The highest BCUT2D eigenvalue weighted by atomic mass is 32.1. The Labute approximate surface area is 131 Å². The van der Waals surface area contributed by atoms with E-state index in [-0.39, 0.29) is 12.5 Å². The van der Waals surface area contributed by atoms with Crippen molar-refractivity contribution >= 4 is 28.6 Å². The van der Waals surface area contributed by atoms with E-state index < -0.39 is 0 Å². The molecule has 4 nitrogen and oxygen atoms in total. The van der Waals surface area contributed by atoms with Gasteiger partial charge in [-0.3, -0.25) is 4.79 Å². The van der Waals surface area contributed by atoms with Crippen LogP contribution in [-0.2, 0) is 6.54 Å². The quantitative estimate of drug-likeness (QED) is 0.851. The predicted octanol–water partition coefficient (Wildman–Crippen LogP) is 2.49. The van der Waals surface area contributed by atoms with E-state index in [4.69, 9.17) is 5.11 Å². The van der Waals surface area contributed by atoms with E-state index in [1.165, 1.54) is 11.3 Å². The third kappa shape index (κ3) is 4.14. The molecule has 0 aromatic carbocycles. The molecule has 0 atom stereocenters. The second-order valence-corrected chi connectivity index (χ2v) is 6.43. The summed E-state index contributed by atoms with van der Waals surface area (Å²) >= 11 is 2.92. The number of hydrogen-bond donors (Lipinski definition) is 2. The van der Waals surface area contributed by atoms with Crippen LogP contribution in [0, 0.1) is 25.7 Å². The van der Waals surface area contributed by atoms with Gasteiger partial charge in [0, 0.05) is 11.3 Å². The summed E-state index contributed by atoms with van der Waals surface area (Å²) in [5.41, 5.74) is 3.73. The van der Waals surface area contributed by atoms with Gasteiger partial charge in [-0.05, 0) is 25.5 Å². The number of aliphatic hydroxyl groups excluding tert-OH is 1. The van der Waals surface area contributed by atoms with Crippen molar-refractivity contribution in [3.05, 3.63) is 37.5 Å². The third-order valence-electron chi connectivity index (χ3n) is 2.83. The number of nitrogens with one attached hydrogen (secondary N) is 1. The molecule has 0 spiro atoms. The van der Waals surface area contributed by atoms with Gasteiger partial charge in [0.05, 0.1) is 34.1 Å². The molecule has 0 unspecified atom stereocenters. The first-order valence-corrected chi connectivity index (χ1v) is 8.18. The maximum absolute atomic E-state index is 12.1. The van der Waals surface area contributed by atoms with Crippen LogP contribution in [0.5, 0.6) is 0 Å². The van der Waals surface area contributed by atoms with E-state index in [1.807, 2.05) is 19.9 Å². The van der Waals surface area contributed by atoms with Crippen LogP contribution in [-0.4, -0.2) is 22.6 Å². The Morgan fingerprint density at radius 2 is 2.29 bits per heavy atom. The minimum Gasteiger partial charge on any atom is -0.395 e. The van der Waals surface area contributed by atoms with E-state index in [1.54, 1.807) is 16.8 Å². The lowest BCUT2D eigenvalue weighted by atomic mass is 10.2. The Bertz CT molecular complexity index is 692. The maximum Gasteiger partial charge on any atom is 0.261 e. The molecule has 0 saturated heterocycles. The fraction of sp³-hybridized carbons (Fsp3) is 0.333. The Morgan fingerprint density at radius 1 is 1.48 bits per heavy atom. The molecule has 1 amide bonds. The van der Waals surface area contributed by atoms with Gasteiger partial charge in [-0.25, -0.2) is 4.98 Å². The number of carbonyl (C=O) groups is 1. The van der Waals surface area contributed by atoms with Gasteiger partial charge in [0.15, 0.2) is 0 Å². The molecule has 2 rings (SSSR count). The number of carbonyl (C=O) groups excluding carboxylic acids is 1. The van der Waals surface area contributed by atoms with Crippen molar-refractivity contribution < 1.29 is 9.90 Å². The lowest BCUT2D eigenvalue weighted by Gasteiger charge is -2.01. The summed E-state index contributed by atoms with van der Waals surface area (Å²) in [7, 11) is 0. The van der Waals surface area contributed by atoms with Crippen LogP contribution in [0.25, 0.3) is 0 Å². The normalized spacial score (nSPS) is 10.0. The SMILES string of the molecule is Cc1cc(C(=O)NCc2scnc2C)sc1C#CCCO. The van der Waals surface area contributed by atoms with Crippen molar-refractivity contribution in [1.82, 2.24) is 10.3 Å². The fourth-order valence-electron chi connectivity index (χ4n) is 1.66. The molecule has 2 N–H and O–H groups in total. The summed E-state index contributed by atoms with van der Waals surface area (Å²) in [6.45, 7) is 4.42. The minimum absolute atomic E-state index is 0.0545. The first-order valence-electron chi connectivity index (χ1n) is 6.49. The summed E-state index contributed by atoms with van der Waals surface area (Å²) in [6.07, 6.45) is 0.448. The zero-order chi connectivity index (χ0) is 15.2. The number of aliphatic hydroxyl groups is 1. The van der Waals surface area contributed by atoms with Crippen LogP contribution in [0.1, 0.15) is 37.1 Å². The molecule has 0 aliphatic heterocycles. The van der Waals surface area contributed by atoms with Crippen molar-refractivity contribution in [2.75, 3.05) is 6.61 Å². The number of thiazole rings is 1. The van der Waals surface area contributed by atoms with Crippen molar-refractivity contribution in [1.29, 1.82) is 0 Å². The molecule has 2 aromatic heterocycles. The molecule has 0 saturated carbocycles. The highest BCUT2D eigenvalue weighted by Gasteiger charge is 2.12. The Balaban J connectivity index is 2.02. The zero-order valence-electron chi connectivity index (χ0n) is 11.9. The topological polar surface area (TPSA) is 62.2 Å². The molecule has 2 heterocycles. The average Bonchev–Trinajstić information content (AvgIpc) is 3.03. The Hall–Kier alpha value is -1.68. The number of rotatable bonds is 4. The monoisotopic (exact) mass is 320 g/mol. The van der Waals surface area contributed by atoms with Crippen molar-refractivity contribution in [3.63, 3.8) is 0 Å². The summed E-state index contributed by atoms with van der Waals surface area (Å²) in [5.74, 6) is 5.78. The molecule has 0 radical (unpaired) electrons. The van der Waals surface area contributed by atoms with Crippen LogP contribution in [0.3, 0.4) is 0 Å². The van der Waals surface area contributed by atoms with Gasteiger partial charge in [-0.1, -0.05) is 11.8 Å². The lowest BCUT2D eigenvalue weighted by molar-refractivity contribution is 0.0955. The van der Waals surface area contributed by atoms with Gasteiger partial charge >= 0.3 is 0 Å². The van der Waals surface area contributed by atoms with Gasteiger partial charge in [0.2, 0.25) is 0 Å². The number of thiophene rings is 1. The van der Waals surface area contributed by atoms with Crippen molar-refractivity contribution in [2.24, 2.45) is 0 Å². The Morgan fingerprint density at radius 3 is 2.95 bits per heavy atom. The smallest absolute Gasteiger partial charge is 0.261 e. The zero-order valence-corrected chi connectivity index (χ0v) is 13.5. The van der Waals surface area contributed by atoms with Crippen LogP contribution >= 0.6 is 22.7 Å². The average molecular weight is 320 g/mol. The molecule has 0 bridgehead atoms. The minimum atomic E-state index is -0.0916. The van der Waals surface area contributed by atoms with E-state index in [0.29, 0.717) is 17.8 Å². The second-order valence-electron chi connectivity index (χ2n) is 4.44. The molecule has 0 fully saturated rings. The molecular weight excluding hydrogens is 304 g/mol. The fourth-order valence-corrected chi connectivity index (χ4v) is 3.34. The van der Waals surface area contributed by atoms with Crippen molar-refractivity contribution in [3.8, 4) is 11.8 Å². The number of nitrogens with zero attached hydrogens (tertiary/aromatic N) is 1. The molecule has 110 valence electrons. The molecular formula is C15H16N2O2S2. The molecule has 0 aliphatic carbocycles. The van der Waals surface area contributed by atoms with E-state index in [2.05, 4.69) is 22.1 Å². The second kappa shape index (κ2) is 7.36. The van der Waals surface area contributed by atoms with Gasteiger partial charge in [0.1, 0.15) is 0 Å². The maximum atomic E-state index is 12.1. The standard InChI is InChI=1S/C15H16N2O2S2/c1-10-7-13(21-12(10)5-3-4-6-18)15(19)16-8-14-11(2)17-9-20-14/h7,9,18H,4,6,8H2,1-2H3,(H,16,19). The molecule has 0 aliphatic rings. The van der Waals surface area contributed by atoms with Crippen LogP contribution in [0.2, 0.25) is 0 Å². The predicted molar refractivity (Wildman–Crippen MR) is 85.7 cm³/mol. The summed E-state index contributed by atoms with van der Waals surface area (Å²) in [5, 5.41) is 11.6. The van der Waals surface area contributed by atoms with Gasteiger partial charge in [0.25, 0.3) is 5.91 Å². The van der Waals surface area contributed by atoms with E-state index in [0.717, 1.165) is 21.0 Å². The lowest BCUT2D eigenvalue weighted by Crippen LogP contribution is -2.21. The molecule has 21 heavy (non-hydrogen) atoms. The van der Waals surface area contributed by atoms with E-state index >= 15 is 0 Å². The van der Waals surface area contributed by atoms with Crippen LogP contribution in [0.15, 0.2) is 11.6 Å². The molecule has 2 aromatic rings. The third-order valence-corrected chi connectivity index (χ3v) is 4.92. The Kier molecular flexibility index (Phi) is 5.51. The largest absolute Gasteiger partial charge is 0.395 e. The van der Waals surface area contributed by atoms with E-state index in [9.17, 15) is 4.79 Å². The number of hydrogen-bond acceptors (Lipinski definition) is 5. The first-order chi connectivity index (χ1) is 10.1. The summed E-state index contributed by atoms with van der Waals surface area (Å²) < 4.78 is 0. The number of amides is 1. The van der Waals surface area contributed by atoms with Gasteiger partial charge in [-0.2, -0.15) is 0 Å². The van der Waals surface area contributed by atoms with Gasteiger partial charge in [-0.15, -0.1) is 22.7 Å². The van der Waals surface area contributed by atoms with Crippen LogP contribution < -0.4 is 5.32 Å². The first kappa shape index (κ1) is 15.7. The van der Waals surface area contributed by atoms with Gasteiger partial charge < -0.3 is 10.4 Å². The highest BCUT2D eigenvalue weighted by molar-refractivity contribution is 7.14.